The Bertz CT molecular complexity index is 760. The van der Waals surface area contributed by atoms with Crippen molar-refractivity contribution in [1.82, 2.24) is 15.3 Å². The molecule has 25 heavy (non-hydrogen) atoms. The molecule has 2 N–H and O–H groups in total. The van der Waals surface area contributed by atoms with Gasteiger partial charge in [0.1, 0.15) is 12.1 Å². The molecule has 0 unspecified atom stereocenters. The van der Waals surface area contributed by atoms with Crippen LogP contribution < -0.4 is 10.6 Å². The molecule has 1 aromatic carbocycles. The van der Waals surface area contributed by atoms with Crippen LogP contribution >= 0.6 is 0 Å². The average Bonchev–Trinajstić information content (AvgIpc) is 2.64. The third-order valence-corrected chi connectivity index (χ3v) is 4.04. The average molecular weight is 337 g/mol. The molecule has 0 radical (unpaired) electrons. The molecular formula is C18H19N5O2. The maximum absolute atomic E-state index is 12.4. The molecule has 0 bridgehead atoms. The fourth-order valence-corrected chi connectivity index (χ4v) is 2.81. The molecule has 1 fully saturated rings. The third-order valence-electron chi connectivity index (χ3n) is 4.04. The Labute approximate surface area is 146 Å². The van der Waals surface area contributed by atoms with Gasteiger partial charge in [-0.1, -0.05) is 12.1 Å². The predicted octanol–water partition coefficient (Wildman–Crippen LogP) is 1.28. The van der Waals surface area contributed by atoms with E-state index < -0.39 is 0 Å². The van der Waals surface area contributed by atoms with Crippen molar-refractivity contribution in [2.24, 2.45) is 0 Å². The highest BCUT2D eigenvalue weighted by atomic mass is 16.5. The zero-order chi connectivity index (χ0) is 17.5. The minimum atomic E-state index is -0.0727. The molecule has 1 amide bonds. The van der Waals surface area contributed by atoms with Crippen LogP contribution in [0.1, 0.15) is 17.5 Å². The molecule has 0 aliphatic carbocycles. The van der Waals surface area contributed by atoms with Crippen molar-refractivity contribution in [2.45, 2.75) is 24.9 Å². The number of rotatable bonds is 5. The largest absolute Gasteiger partial charge is 0.379 e. The van der Waals surface area contributed by atoms with E-state index in [0.29, 0.717) is 24.6 Å². The van der Waals surface area contributed by atoms with Crippen molar-refractivity contribution < 1.29 is 9.53 Å². The molecule has 3 rings (SSSR count). The topological polar surface area (TPSA) is 99.9 Å². The summed E-state index contributed by atoms with van der Waals surface area (Å²) in [6, 6.07) is 10.9. The highest BCUT2D eigenvalue weighted by Crippen LogP contribution is 2.13. The van der Waals surface area contributed by atoms with Crippen LogP contribution in [0.5, 0.6) is 0 Å². The number of benzene rings is 1. The van der Waals surface area contributed by atoms with Crippen LogP contribution in [0.15, 0.2) is 42.9 Å². The van der Waals surface area contributed by atoms with E-state index in [9.17, 15) is 4.79 Å². The second-order valence-corrected chi connectivity index (χ2v) is 5.87. The van der Waals surface area contributed by atoms with Gasteiger partial charge in [0.05, 0.1) is 36.7 Å². The van der Waals surface area contributed by atoms with Crippen LogP contribution in [0.4, 0.5) is 5.82 Å². The molecule has 128 valence electrons. The van der Waals surface area contributed by atoms with Crippen molar-refractivity contribution in [3.8, 4) is 6.07 Å². The Morgan fingerprint density at radius 1 is 1.36 bits per heavy atom. The lowest BCUT2D eigenvalue weighted by Gasteiger charge is -2.33. The molecule has 0 saturated carbocycles. The van der Waals surface area contributed by atoms with Crippen molar-refractivity contribution in [2.75, 3.05) is 18.5 Å². The predicted molar refractivity (Wildman–Crippen MR) is 91.7 cm³/mol. The summed E-state index contributed by atoms with van der Waals surface area (Å²) in [6.07, 6.45) is 4.11. The van der Waals surface area contributed by atoms with Gasteiger partial charge in [-0.3, -0.25) is 4.79 Å². The Balaban J connectivity index is 1.60. The molecule has 0 spiro atoms. The Morgan fingerprint density at radius 3 is 3.08 bits per heavy atom. The van der Waals surface area contributed by atoms with Gasteiger partial charge in [0.2, 0.25) is 5.91 Å². The standard InChI is InChI=1S/C18H19N5O2/c19-10-14-3-1-2-13(8-14)9-18(24)23-15-5-7-25-11-16(15)22-17-4-6-20-12-21-17/h1-4,6,8,12,15-16H,5,7,9,11H2,(H,23,24)(H,20,21,22)/t15-,16+/m0/s1. The van der Waals surface area contributed by atoms with E-state index >= 15 is 0 Å². The molecule has 2 aromatic rings. The van der Waals surface area contributed by atoms with E-state index in [2.05, 4.69) is 26.7 Å². The highest BCUT2D eigenvalue weighted by Gasteiger charge is 2.27. The zero-order valence-electron chi connectivity index (χ0n) is 13.7. The lowest BCUT2D eigenvalue weighted by atomic mass is 10.0. The number of carbonyl (C=O) groups excluding carboxylic acids is 1. The van der Waals surface area contributed by atoms with Gasteiger partial charge in [0, 0.05) is 12.8 Å². The Kier molecular flexibility index (Phi) is 5.54. The van der Waals surface area contributed by atoms with Gasteiger partial charge >= 0.3 is 0 Å². The zero-order valence-corrected chi connectivity index (χ0v) is 13.7. The molecule has 1 aromatic heterocycles. The Morgan fingerprint density at radius 2 is 2.28 bits per heavy atom. The summed E-state index contributed by atoms with van der Waals surface area (Å²) >= 11 is 0. The van der Waals surface area contributed by atoms with Crippen molar-refractivity contribution in [3.63, 3.8) is 0 Å². The molecule has 2 heterocycles. The second-order valence-electron chi connectivity index (χ2n) is 5.87. The van der Waals surface area contributed by atoms with Crippen LogP contribution in [0.3, 0.4) is 0 Å². The van der Waals surface area contributed by atoms with Crippen LogP contribution in [-0.2, 0) is 16.0 Å². The van der Waals surface area contributed by atoms with Gasteiger partial charge in [0.25, 0.3) is 0 Å². The first-order valence-electron chi connectivity index (χ1n) is 8.13. The molecular weight excluding hydrogens is 318 g/mol. The number of amides is 1. The fourth-order valence-electron chi connectivity index (χ4n) is 2.81. The third kappa shape index (κ3) is 4.75. The summed E-state index contributed by atoms with van der Waals surface area (Å²) in [5.41, 5.74) is 1.38. The van der Waals surface area contributed by atoms with Gasteiger partial charge in [0.15, 0.2) is 0 Å². The van der Waals surface area contributed by atoms with Gasteiger partial charge in [-0.2, -0.15) is 5.26 Å². The number of ether oxygens (including phenoxy) is 1. The van der Waals surface area contributed by atoms with E-state index in [1.807, 2.05) is 6.07 Å². The SMILES string of the molecule is N#Cc1cccc(CC(=O)N[C@H]2CCOC[C@H]2Nc2ccncn2)c1. The van der Waals surface area contributed by atoms with Gasteiger partial charge in [-0.15, -0.1) is 0 Å². The first-order valence-corrected chi connectivity index (χ1v) is 8.13. The van der Waals surface area contributed by atoms with Gasteiger partial charge in [-0.25, -0.2) is 9.97 Å². The molecule has 7 heteroatoms. The van der Waals surface area contributed by atoms with Crippen LogP contribution in [-0.4, -0.2) is 41.2 Å². The molecule has 1 saturated heterocycles. The quantitative estimate of drug-likeness (QED) is 0.852. The van der Waals surface area contributed by atoms with Gasteiger partial charge < -0.3 is 15.4 Å². The number of hydrogen-bond donors (Lipinski definition) is 2. The minimum absolute atomic E-state index is 0.0460. The number of aromatic nitrogens is 2. The highest BCUT2D eigenvalue weighted by molar-refractivity contribution is 5.79. The monoisotopic (exact) mass is 337 g/mol. The van der Waals surface area contributed by atoms with E-state index in [1.165, 1.54) is 6.33 Å². The first kappa shape index (κ1) is 16.9. The lowest BCUT2D eigenvalue weighted by molar-refractivity contribution is -0.121. The van der Waals surface area contributed by atoms with E-state index in [-0.39, 0.29) is 24.4 Å². The van der Waals surface area contributed by atoms with E-state index in [1.54, 1.807) is 30.5 Å². The summed E-state index contributed by atoms with van der Waals surface area (Å²) in [7, 11) is 0. The second kappa shape index (κ2) is 8.22. The molecule has 2 atom stereocenters. The van der Waals surface area contributed by atoms with E-state index in [4.69, 9.17) is 10.00 Å². The minimum Gasteiger partial charge on any atom is -0.379 e. The maximum atomic E-state index is 12.4. The molecule has 1 aliphatic heterocycles. The van der Waals surface area contributed by atoms with Crippen molar-refractivity contribution in [1.29, 1.82) is 5.26 Å². The molecule has 1 aliphatic rings. The van der Waals surface area contributed by atoms with Crippen LogP contribution in [0.25, 0.3) is 0 Å². The summed E-state index contributed by atoms with van der Waals surface area (Å²) in [5.74, 6) is 0.628. The lowest BCUT2D eigenvalue weighted by Crippen LogP contribution is -2.52. The van der Waals surface area contributed by atoms with Gasteiger partial charge in [-0.05, 0) is 30.2 Å². The molecule has 7 nitrogen and oxygen atoms in total. The fraction of sp³-hybridized carbons (Fsp3) is 0.333. The maximum Gasteiger partial charge on any atom is 0.224 e. The first-order chi connectivity index (χ1) is 12.2. The number of carbonyl (C=O) groups is 1. The summed E-state index contributed by atoms with van der Waals surface area (Å²) < 4.78 is 5.52. The summed E-state index contributed by atoms with van der Waals surface area (Å²) in [5, 5.41) is 15.3. The van der Waals surface area contributed by atoms with Crippen molar-refractivity contribution in [3.05, 3.63) is 54.0 Å². The normalized spacial score (nSPS) is 19.6. The van der Waals surface area contributed by atoms with Crippen LogP contribution in [0.2, 0.25) is 0 Å². The summed E-state index contributed by atoms with van der Waals surface area (Å²) in [4.78, 5) is 20.4. The number of nitrogens with zero attached hydrogens (tertiary/aromatic N) is 3. The Hall–Kier alpha value is -2.98. The summed E-state index contributed by atoms with van der Waals surface area (Å²) in [6.45, 7) is 1.11. The number of nitriles is 1. The van der Waals surface area contributed by atoms with E-state index in [0.717, 1.165) is 12.0 Å². The number of hydrogen-bond acceptors (Lipinski definition) is 6. The number of anilines is 1. The smallest absolute Gasteiger partial charge is 0.224 e. The van der Waals surface area contributed by atoms with Crippen LogP contribution in [0, 0.1) is 11.3 Å². The number of nitrogens with one attached hydrogen (secondary N) is 2. The van der Waals surface area contributed by atoms with Crippen molar-refractivity contribution >= 4 is 11.7 Å².